The molecular formula is C16H12N2O4. The van der Waals surface area contributed by atoms with Crippen LogP contribution in [0, 0.1) is 6.92 Å². The molecule has 6 nitrogen and oxygen atoms in total. The van der Waals surface area contributed by atoms with E-state index in [1.54, 1.807) is 18.2 Å². The third kappa shape index (κ3) is 2.20. The first-order valence-corrected chi connectivity index (χ1v) is 6.57. The molecule has 6 heteroatoms. The summed E-state index contributed by atoms with van der Waals surface area (Å²) in [5.74, 6) is -1.12. The summed E-state index contributed by atoms with van der Waals surface area (Å²) >= 11 is 0. The van der Waals surface area contributed by atoms with E-state index in [4.69, 9.17) is 5.11 Å². The Balaban J connectivity index is 2.35. The van der Waals surface area contributed by atoms with Crippen molar-refractivity contribution in [3.63, 3.8) is 0 Å². The summed E-state index contributed by atoms with van der Waals surface area (Å²) in [5.41, 5.74) is 0.516. The predicted octanol–water partition coefficient (Wildman–Crippen LogP) is 1.69. The van der Waals surface area contributed by atoms with E-state index in [2.05, 4.69) is 4.98 Å². The van der Waals surface area contributed by atoms with Crippen molar-refractivity contribution < 1.29 is 9.90 Å². The lowest BCUT2D eigenvalue weighted by Gasteiger charge is -2.07. The van der Waals surface area contributed by atoms with Gasteiger partial charge in [0.2, 0.25) is 0 Å². The Labute approximate surface area is 124 Å². The second-order valence-electron chi connectivity index (χ2n) is 4.98. The second kappa shape index (κ2) is 5.00. The van der Waals surface area contributed by atoms with Crippen molar-refractivity contribution >= 4 is 16.9 Å². The third-order valence-electron chi connectivity index (χ3n) is 3.40. The first kappa shape index (κ1) is 13.8. The van der Waals surface area contributed by atoms with Crippen LogP contribution in [-0.4, -0.2) is 20.6 Å². The van der Waals surface area contributed by atoms with Crippen molar-refractivity contribution in [3.8, 4) is 5.69 Å². The highest BCUT2D eigenvalue weighted by molar-refractivity contribution is 5.92. The van der Waals surface area contributed by atoms with Crippen LogP contribution in [-0.2, 0) is 0 Å². The minimum atomic E-state index is -1.12. The van der Waals surface area contributed by atoms with Crippen molar-refractivity contribution in [2.75, 3.05) is 0 Å². The Kier molecular flexibility index (Phi) is 3.14. The van der Waals surface area contributed by atoms with Crippen LogP contribution in [0.25, 0.3) is 16.6 Å². The van der Waals surface area contributed by atoms with Gasteiger partial charge in [0.25, 0.3) is 5.56 Å². The number of aromatic carboxylic acids is 1. The number of H-pyrrole nitrogens is 1. The maximum Gasteiger partial charge on any atom is 0.335 e. The van der Waals surface area contributed by atoms with Gasteiger partial charge in [0.05, 0.1) is 22.2 Å². The molecule has 3 aromatic rings. The number of carbonyl (C=O) groups is 1. The Morgan fingerprint density at radius 2 is 1.91 bits per heavy atom. The van der Waals surface area contributed by atoms with Crippen LogP contribution in [0.1, 0.15) is 15.9 Å². The van der Waals surface area contributed by atoms with Gasteiger partial charge in [-0.05, 0) is 42.8 Å². The fourth-order valence-electron chi connectivity index (χ4n) is 2.35. The molecule has 0 spiro atoms. The molecule has 0 aliphatic carbocycles. The predicted molar refractivity (Wildman–Crippen MR) is 81.9 cm³/mol. The summed E-state index contributed by atoms with van der Waals surface area (Å²) in [6, 6.07) is 11.0. The molecular weight excluding hydrogens is 284 g/mol. The molecule has 0 aliphatic heterocycles. The number of nitrogens with zero attached hydrogens (tertiary/aromatic N) is 1. The lowest BCUT2D eigenvalue weighted by Crippen LogP contribution is -2.33. The largest absolute Gasteiger partial charge is 0.478 e. The molecule has 1 aromatic heterocycles. The van der Waals surface area contributed by atoms with Crippen LogP contribution in [0.3, 0.4) is 0 Å². The molecule has 0 saturated carbocycles. The van der Waals surface area contributed by atoms with Gasteiger partial charge < -0.3 is 10.1 Å². The van der Waals surface area contributed by atoms with Crippen molar-refractivity contribution in [1.82, 2.24) is 9.55 Å². The molecule has 3 rings (SSSR count). The number of benzene rings is 2. The van der Waals surface area contributed by atoms with Gasteiger partial charge in [-0.15, -0.1) is 0 Å². The molecule has 0 saturated heterocycles. The van der Waals surface area contributed by atoms with Crippen molar-refractivity contribution in [1.29, 1.82) is 0 Å². The molecule has 22 heavy (non-hydrogen) atoms. The number of carboxylic acid groups (broad SMARTS) is 1. The van der Waals surface area contributed by atoms with E-state index >= 15 is 0 Å². The molecule has 1 heterocycles. The summed E-state index contributed by atoms with van der Waals surface area (Å²) in [5, 5.41) is 9.23. The van der Waals surface area contributed by atoms with Gasteiger partial charge in [-0.2, -0.15) is 0 Å². The minimum absolute atomic E-state index is 0.0101. The van der Waals surface area contributed by atoms with E-state index in [0.29, 0.717) is 5.69 Å². The molecule has 0 bridgehead atoms. The maximum atomic E-state index is 12.5. The quantitative estimate of drug-likeness (QED) is 0.752. The number of aromatic amines is 1. The van der Waals surface area contributed by atoms with E-state index in [0.717, 1.165) is 10.1 Å². The van der Waals surface area contributed by atoms with Crippen molar-refractivity contribution in [3.05, 3.63) is 74.4 Å². The maximum absolute atomic E-state index is 12.5. The first-order chi connectivity index (χ1) is 10.5. The van der Waals surface area contributed by atoms with Crippen LogP contribution in [0.5, 0.6) is 0 Å². The van der Waals surface area contributed by atoms with E-state index < -0.39 is 17.2 Å². The fraction of sp³-hybridized carbons (Fsp3) is 0.0625. The summed E-state index contributed by atoms with van der Waals surface area (Å²) in [4.78, 5) is 38.3. The summed E-state index contributed by atoms with van der Waals surface area (Å²) in [6.45, 7) is 1.86. The lowest BCUT2D eigenvalue weighted by molar-refractivity contribution is 0.0697. The summed E-state index contributed by atoms with van der Waals surface area (Å²) < 4.78 is 1.04. The SMILES string of the molecule is Cc1cccc(-n2c(=O)[nH]c3cc(C(=O)O)ccc3c2=O)c1. The van der Waals surface area contributed by atoms with Crippen LogP contribution in [0.2, 0.25) is 0 Å². The average molecular weight is 296 g/mol. The van der Waals surface area contributed by atoms with Gasteiger partial charge in [0, 0.05) is 0 Å². The van der Waals surface area contributed by atoms with Crippen molar-refractivity contribution in [2.24, 2.45) is 0 Å². The highest BCUT2D eigenvalue weighted by Gasteiger charge is 2.11. The normalized spacial score (nSPS) is 10.8. The molecule has 0 aliphatic rings. The Morgan fingerprint density at radius 3 is 2.59 bits per heavy atom. The zero-order valence-corrected chi connectivity index (χ0v) is 11.7. The van der Waals surface area contributed by atoms with Gasteiger partial charge in [-0.3, -0.25) is 4.79 Å². The molecule has 0 fully saturated rings. The van der Waals surface area contributed by atoms with Crippen LogP contribution >= 0.6 is 0 Å². The topological polar surface area (TPSA) is 92.2 Å². The van der Waals surface area contributed by atoms with Crippen LogP contribution < -0.4 is 11.2 Å². The standard InChI is InChI=1S/C16H12N2O4/c1-9-3-2-4-11(7-9)18-14(19)12-6-5-10(15(20)21)8-13(12)17-16(18)22/h2-8H,1H3,(H,17,22)(H,20,21). The van der Waals surface area contributed by atoms with Crippen molar-refractivity contribution in [2.45, 2.75) is 6.92 Å². The fourth-order valence-corrected chi connectivity index (χ4v) is 2.35. The molecule has 2 N–H and O–H groups in total. The van der Waals surface area contributed by atoms with E-state index in [-0.39, 0.29) is 16.5 Å². The average Bonchev–Trinajstić information content (AvgIpc) is 2.46. The van der Waals surface area contributed by atoms with Crippen LogP contribution in [0.15, 0.2) is 52.1 Å². The second-order valence-corrected chi connectivity index (χ2v) is 4.98. The first-order valence-electron chi connectivity index (χ1n) is 6.57. The highest BCUT2D eigenvalue weighted by atomic mass is 16.4. The smallest absolute Gasteiger partial charge is 0.335 e. The number of aromatic nitrogens is 2. The highest BCUT2D eigenvalue weighted by Crippen LogP contribution is 2.11. The van der Waals surface area contributed by atoms with Gasteiger partial charge in [-0.25, -0.2) is 14.2 Å². The monoisotopic (exact) mass is 296 g/mol. The Bertz CT molecular complexity index is 1010. The summed E-state index contributed by atoms with van der Waals surface area (Å²) in [6.07, 6.45) is 0. The number of fused-ring (bicyclic) bond motifs is 1. The number of aryl methyl sites for hydroxylation is 1. The molecule has 2 aromatic carbocycles. The van der Waals surface area contributed by atoms with E-state index in [1.165, 1.54) is 18.2 Å². The summed E-state index contributed by atoms with van der Waals surface area (Å²) in [7, 11) is 0. The lowest BCUT2D eigenvalue weighted by atomic mass is 10.1. The van der Waals surface area contributed by atoms with Gasteiger partial charge in [-0.1, -0.05) is 12.1 Å². The molecule has 0 unspecified atom stereocenters. The number of carboxylic acids is 1. The Hall–Kier alpha value is -3.15. The Morgan fingerprint density at radius 1 is 1.14 bits per heavy atom. The number of hydrogen-bond donors (Lipinski definition) is 2. The minimum Gasteiger partial charge on any atom is -0.478 e. The molecule has 0 amide bonds. The molecule has 110 valence electrons. The zero-order valence-electron chi connectivity index (χ0n) is 11.7. The molecule has 0 radical (unpaired) electrons. The van der Waals surface area contributed by atoms with E-state index in [9.17, 15) is 14.4 Å². The number of hydrogen-bond acceptors (Lipinski definition) is 3. The number of rotatable bonds is 2. The van der Waals surface area contributed by atoms with Gasteiger partial charge in [0.15, 0.2) is 0 Å². The molecule has 0 atom stereocenters. The zero-order chi connectivity index (χ0) is 15.9. The van der Waals surface area contributed by atoms with Gasteiger partial charge >= 0.3 is 11.7 Å². The third-order valence-corrected chi connectivity index (χ3v) is 3.40. The number of nitrogens with one attached hydrogen (secondary N) is 1. The van der Waals surface area contributed by atoms with Crippen LogP contribution in [0.4, 0.5) is 0 Å². The van der Waals surface area contributed by atoms with E-state index in [1.807, 2.05) is 13.0 Å². The van der Waals surface area contributed by atoms with Gasteiger partial charge in [0.1, 0.15) is 0 Å².